The minimum atomic E-state index is 1.06. The highest BCUT2D eigenvalue weighted by molar-refractivity contribution is 5.82. The van der Waals surface area contributed by atoms with E-state index in [4.69, 9.17) is 0 Å². The standard InChI is InChI=1S/C25H24.C22H22.C19H18.3C2H6/c1-19-12-14-22(15-13-19)25-17-23(20-8-4-2-5-9-20)16-24(18-25)21-10-6-3-7-11-21;1-4-18-7-5-6-8-21(18)22-15-20(14-11-17(22)3)19-12-9-16(2)10-13-19;1-4-6-16(5-2)17-11-13-19(14-12-17)18-9-7-15(3)8-10-18;3*1-2/h2-6,8-10,12,14,16-18H,7,11,13,15H2,1H3;5-15H,4H2,1-3H3;4-14H,1-2H2,3H3;3*1-2H3/b;;16-6+;;;. The Morgan fingerprint density at radius 1 is 0.458 bits per heavy atom. The summed E-state index contributed by atoms with van der Waals surface area (Å²) in [5.74, 6) is 0. The lowest BCUT2D eigenvalue weighted by Crippen LogP contribution is -1.96. The summed E-state index contributed by atoms with van der Waals surface area (Å²) in [5, 5.41) is 0. The molecule has 72 heavy (non-hydrogen) atoms. The Bertz CT molecular complexity index is 2900. The SMILES string of the molecule is C=C/C=C(\C=C)c1ccc(-c2ccc(C)cc2)cc1.CC.CC.CC.CC1=CC=C(c2cc(C3=CC=CCC3)cc(-c3ccccc3)c2)CC1.CCc1ccccc1-c1cc(-c2ccc(C)cc2)ccc1C. The Morgan fingerprint density at radius 3 is 1.50 bits per heavy atom. The van der Waals surface area contributed by atoms with Crippen LogP contribution in [0.5, 0.6) is 0 Å². The Labute approximate surface area is 437 Å². The van der Waals surface area contributed by atoms with Crippen LogP contribution >= 0.6 is 0 Å². The van der Waals surface area contributed by atoms with Crippen LogP contribution in [0.3, 0.4) is 0 Å². The van der Waals surface area contributed by atoms with Crippen molar-refractivity contribution >= 4 is 16.7 Å². The lowest BCUT2D eigenvalue weighted by Gasteiger charge is -2.17. The summed E-state index contributed by atoms with van der Waals surface area (Å²) in [6.07, 6.45) is 22.5. The molecule has 0 unspecified atom stereocenters. The van der Waals surface area contributed by atoms with Crippen molar-refractivity contribution in [1.82, 2.24) is 0 Å². The van der Waals surface area contributed by atoms with E-state index in [1.165, 1.54) is 101 Å². The van der Waals surface area contributed by atoms with Gasteiger partial charge in [0.05, 0.1) is 0 Å². The summed E-state index contributed by atoms with van der Waals surface area (Å²) in [6, 6.07) is 59.2. The van der Waals surface area contributed by atoms with Crippen molar-refractivity contribution < 1.29 is 0 Å². The van der Waals surface area contributed by atoms with E-state index >= 15 is 0 Å². The molecule has 0 amide bonds. The summed E-state index contributed by atoms with van der Waals surface area (Å²) < 4.78 is 0. The third kappa shape index (κ3) is 16.7. The van der Waals surface area contributed by atoms with Crippen molar-refractivity contribution in [1.29, 1.82) is 0 Å². The highest BCUT2D eigenvalue weighted by Crippen LogP contribution is 2.35. The molecule has 0 nitrogen and oxygen atoms in total. The van der Waals surface area contributed by atoms with Gasteiger partial charge in [0.2, 0.25) is 0 Å². The van der Waals surface area contributed by atoms with Gasteiger partial charge in [-0.15, -0.1) is 0 Å². The topological polar surface area (TPSA) is 0 Å². The molecule has 9 rings (SSSR count). The molecule has 7 aromatic rings. The van der Waals surface area contributed by atoms with Gasteiger partial charge in [-0.25, -0.2) is 0 Å². The first-order valence-electron chi connectivity index (χ1n) is 26.5. The lowest BCUT2D eigenvalue weighted by molar-refractivity contribution is 0.976. The number of benzene rings is 7. The van der Waals surface area contributed by atoms with Crippen LogP contribution in [0.15, 0.2) is 231 Å². The predicted octanol–water partition coefficient (Wildman–Crippen LogP) is 21.9. The molecule has 0 saturated heterocycles. The molecule has 0 aromatic heterocycles. The molecule has 0 atom stereocenters. The van der Waals surface area contributed by atoms with Gasteiger partial charge >= 0.3 is 0 Å². The maximum Gasteiger partial charge on any atom is -0.0146 e. The van der Waals surface area contributed by atoms with Gasteiger partial charge in [-0.3, -0.25) is 0 Å². The van der Waals surface area contributed by atoms with Crippen molar-refractivity contribution in [2.24, 2.45) is 0 Å². The molecule has 370 valence electrons. The maximum absolute atomic E-state index is 3.83. The second-order valence-electron chi connectivity index (χ2n) is 17.4. The number of aryl methyl sites for hydroxylation is 4. The van der Waals surface area contributed by atoms with E-state index in [1.807, 2.05) is 53.7 Å². The minimum Gasteiger partial charge on any atom is -0.0990 e. The first-order valence-corrected chi connectivity index (χ1v) is 26.5. The van der Waals surface area contributed by atoms with Crippen molar-refractivity contribution in [3.8, 4) is 44.5 Å². The van der Waals surface area contributed by atoms with Gasteiger partial charge in [0.25, 0.3) is 0 Å². The molecular formula is C72H82. The monoisotopic (exact) mass is 947 g/mol. The van der Waals surface area contributed by atoms with E-state index in [-0.39, 0.29) is 0 Å². The number of hydrogen-bond acceptors (Lipinski definition) is 0. The van der Waals surface area contributed by atoms with Gasteiger partial charge in [0, 0.05) is 0 Å². The molecule has 0 aliphatic heterocycles. The lowest BCUT2D eigenvalue weighted by atomic mass is 9.87. The molecule has 0 fully saturated rings. The number of allylic oxidation sites excluding steroid dienone is 12. The summed E-state index contributed by atoms with van der Waals surface area (Å²) >= 11 is 0. The van der Waals surface area contributed by atoms with Crippen LogP contribution in [0, 0.1) is 20.8 Å². The largest absolute Gasteiger partial charge is 0.0990 e. The van der Waals surface area contributed by atoms with E-state index in [0.29, 0.717) is 0 Å². The van der Waals surface area contributed by atoms with Gasteiger partial charge in [-0.2, -0.15) is 0 Å². The summed E-state index contributed by atoms with van der Waals surface area (Å²) in [5.41, 5.74) is 25.0. The van der Waals surface area contributed by atoms with Gasteiger partial charge < -0.3 is 0 Å². The van der Waals surface area contributed by atoms with Crippen LogP contribution < -0.4 is 0 Å². The highest BCUT2D eigenvalue weighted by Gasteiger charge is 2.13. The molecule has 0 radical (unpaired) electrons. The average Bonchev–Trinajstić information content (AvgIpc) is 3.45. The van der Waals surface area contributed by atoms with Crippen molar-refractivity contribution in [2.75, 3.05) is 0 Å². The molecular weight excluding hydrogens is 865 g/mol. The Morgan fingerprint density at radius 2 is 0.972 bits per heavy atom. The van der Waals surface area contributed by atoms with Crippen molar-refractivity contribution in [3.05, 3.63) is 270 Å². The van der Waals surface area contributed by atoms with Crippen molar-refractivity contribution in [2.45, 2.75) is 108 Å². The number of rotatable bonds is 10. The van der Waals surface area contributed by atoms with Crippen LogP contribution in [-0.2, 0) is 6.42 Å². The van der Waals surface area contributed by atoms with Crippen LogP contribution in [0.1, 0.15) is 120 Å². The smallest absolute Gasteiger partial charge is 0.0146 e. The first kappa shape index (κ1) is 57.3. The molecule has 2 aliphatic rings. The number of hydrogen-bond donors (Lipinski definition) is 0. The first-order chi connectivity index (χ1) is 35.2. The molecule has 0 heterocycles. The fourth-order valence-corrected chi connectivity index (χ4v) is 8.56. The third-order valence-electron chi connectivity index (χ3n) is 12.6. The Kier molecular flexibility index (Phi) is 24.8. The minimum absolute atomic E-state index is 1.06. The maximum atomic E-state index is 3.83. The molecule has 0 heteroatoms. The zero-order valence-electron chi connectivity index (χ0n) is 45.7. The summed E-state index contributed by atoms with van der Waals surface area (Å²) in [4.78, 5) is 0. The second-order valence-corrected chi connectivity index (χ2v) is 17.4. The summed E-state index contributed by atoms with van der Waals surface area (Å²) in [6.45, 7) is 30.4. The molecule has 0 saturated carbocycles. The zero-order valence-corrected chi connectivity index (χ0v) is 45.7. The Hall–Kier alpha value is -7.28. The predicted molar refractivity (Wildman–Crippen MR) is 324 cm³/mol. The Balaban J connectivity index is 0.000000224. The molecule has 7 aromatic carbocycles. The summed E-state index contributed by atoms with van der Waals surface area (Å²) in [7, 11) is 0. The highest BCUT2D eigenvalue weighted by atomic mass is 14.2. The molecule has 0 N–H and O–H groups in total. The van der Waals surface area contributed by atoms with E-state index < -0.39 is 0 Å². The quantitative estimate of drug-likeness (QED) is 0.120. The van der Waals surface area contributed by atoms with Crippen LogP contribution in [0.2, 0.25) is 0 Å². The van der Waals surface area contributed by atoms with Crippen LogP contribution in [0.25, 0.3) is 61.2 Å². The normalized spacial score (nSPS) is 12.3. The average molecular weight is 947 g/mol. The fraction of sp³-hybridized carbons (Fsp3) is 0.222. The van der Waals surface area contributed by atoms with Gasteiger partial charge in [-0.1, -0.05) is 266 Å². The zero-order chi connectivity index (χ0) is 52.3. The third-order valence-corrected chi connectivity index (χ3v) is 12.6. The van der Waals surface area contributed by atoms with Gasteiger partial charge in [0.1, 0.15) is 0 Å². The second kappa shape index (κ2) is 31.1. The van der Waals surface area contributed by atoms with Crippen LogP contribution in [-0.4, -0.2) is 0 Å². The van der Waals surface area contributed by atoms with Gasteiger partial charge in [-0.05, 0) is 173 Å². The van der Waals surface area contributed by atoms with E-state index in [9.17, 15) is 0 Å². The molecule has 0 spiro atoms. The fourth-order valence-electron chi connectivity index (χ4n) is 8.56. The molecule has 2 aliphatic carbocycles. The van der Waals surface area contributed by atoms with Gasteiger partial charge in [0.15, 0.2) is 0 Å². The van der Waals surface area contributed by atoms with Crippen LogP contribution in [0.4, 0.5) is 0 Å². The van der Waals surface area contributed by atoms with E-state index in [0.717, 1.165) is 36.8 Å². The van der Waals surface area contributed by atoms with E-state index in [2.05, 4.69) is 242 Å². The van der Waals surface area contributed by atoms with Crippen molar-refractivity contribution in [3.63, 3.8) is 0 Å². The molecule has 0 bridgehead atoms. The van der Waals surface area contributed by atoms with E-state index in [1.54, 1.807) is 6.08 Å².